The molecule has 0 aliphatic rings. The van der Waals surface area contributed by atoms with Crippen LogP contribution in [0, 0.1) is 10.1 Å². The second kappa shape index (κ2) is 7.91. The molecule has 0 aliphatic heterocycles. The minimum atomic E-state index is -0.493. The van der Waals surface area contributed by atoms with Crippen LogP contribution in [0.3, 0.4) is 0 Å². The van der Waals surface area contributed by atoms with E-state index < -0.39 is 4.92 Å². The van der Waals surface area contributed by atoms with Gasteiger partial charge in [0.2, 0.25) is 11.6 Å². The topological polar surface area (TPSA) is 115 Å². The zero-order chi connectivity index (χ0) is 18.5. The van der Waals surface area contributed by atoms with Crippen LogP contribution >= 0.6 is 11.3 Å². The molecule has 2 heterocycles. The Bertz CT molecular complexity index is 929. The third kappa shape index (κ3) is 3.80. The molecule has 0 fully saturated rings. The molecule has 0 atom stereocenters. The standard InChI is InChI=1S/C16H18N6O3S/c1-3-4-7-17-14-13(22(23)24)15(19-9-18-14)21-16-20-11-6-5-10(25-2)8-12(11)26-16/h5-6,8-9H,3-4,7H2,1-2H3,(H2,17,18,19,20,21). The summed E-state index contributed by atoms with van der Waals surface area (Å²) in [7, 11) is 1.60. The molecule has 0 spiro atoms. The summed E-state index contributed by atoms with van der Waals surface area (Å²) in [6.07, 6.45) is 3.16. The molecule has 136 valence electrons. The molecule has 3 rings (SSSR count). The molecule has 2 aromatic heterocycles. The van der Waals surface area contributed by atoms with Crippen LogP contribution in [0.4, 0.5) is 22.5 Å². The van der Waals surface area contributed by atoms with Crippen molar-refractivity contribution in [1.82, 2.24) is 15.0 Å². The van der Waals surface area contributed by atoms with Crippen LogP contribution in [-0.4, -0.2) is 33.5 Å². The van der Waals surface area contributed by atoms with Crippen molar-refractivity contribution in [2.24, 2.45) is 0 Å². The van der Waals surface area contributed by atoms with E-state index in [2.05, 4.69) is 25.6 Å². The molecule has 0 amide bonds. The first-order valence-electron chi connectivity index (χ1n) is 8.07. The second-order valence-electron chi connectivity index (χ2n) is 5.43. The van der Waals surface area contributed by atoms with Gasteiger partial charge in [0.15, 0.2) is 5.13 Å². The number of fused-ring (bicyclic) bond motifs is 1. The number of hydrogen-bond acceptors (Lipinski definition) is 9. The molecule has 0 saturated heterocycles. The van der Waals surface area contributed by atoms with Gasteiger partial charge in [-0.25, -0.2) is 15.0 Å². The number of aromatic nitrogens is 3. The Kier molecular flexibility index (Phi) is 5.42. The van der Waals surface area contributed by atoms with E-state index in [1.54, 1.807) is 7.11 Å². The summed E-state index contributed by atoms with van der Waals surface area (Å²) in [6, 6.07) is 5.51. The Balaban J connectivity index is 1.91. The van der Waals surface area contributed by atoms with Crippen molar-refractivity contribution in [3.05, 3.63) is 34.6 Å². The fourth-order valence-electron chi connectivity index (χ4n) is 2.34. The molecular formula is C16H18N6O3S. The maximum atomic E-state index is 11.5. The molecule has 0 saturated carbocycles. The lowest BCUT2D eigenvalue weighted by atomic mass is 10.3. The second-order valence-corrected chi connectivity index (χ2v) is 6.47. The van der Waals surface area contributed by atoms with Crippen LogP contribution in [0.1, 0.15) is 19.8 Å². The van der Waals surface area contributed by atoms with Gasteiger partial charge in [0.05, 0.1) is 22.2 Å². The zero-order valence-electron chi connectivity index (χ0n) is 14.4. The number of nitrogens with zero attached hydrogens (tertiary/aromatic N) is 4. The lowest BCUT2D eigenvalue weighted by molar-refractivity contribution is -0.383. The first-order valence-corrected chi connectivity index (χ1v) is 8.89. The van der Waals surface area contributed by atoms with Crippen molar-refractivity contribution >= 4 is 44.0 Å². The van der Waals surface area contributed by atoms with Crippen LogP contribution in [-0.2, 0) is 0 Å². The van der Waals surface area contributed by atoms with Crippen molar-refractivity contribution in [3.63, 3.8) is 0 Å². The number of ether oxygens (including phenoxy) is 1. The van der Waals surface area contributed by atoms with Crippen molar-refractivity contribution in [2.75, 3.05) is 24.3 Å². The van der Waals surface area contributed by atoms with Crippen LogP contribution in [0.25, 0.3) is 10.2 Å². The average Bonchev–Trinajstić information content (AvgIpc) is 3.03. The summed E-state index contributed by atoms with van der Waals surface area (Å²) in [6.45, 7) is 2.65. The first-order chi connectivity index (χ1) is 12.6. The van der Waals surface area contributed by atoms with Gasteiger partial charge in [-0.1, -0.05) is 24.7 Å². The molecule has 9 nitrogen and oxygen atoms in total. The summed E-state index contributed by atoms with van der Waals surface area (Å²) in [4.78, 5) is 23.5. The molecule has 2 N–H and O–H groups in total. The van der Waals surface area contributed by atoms with E-state index in [0.29, 0.717) is 11.7 Å². The fraction of sp³-hybridized carbons (Fsp3) is 0.312. The number of rotatable bonds is 8. The Morgan fingerprint density at radius 2 is 2.12 bits per heavy atom. The summed E-state index contributed by atoms with van der Waals surface area (Å²) >= 11 is 1.36. The van der Waals surface area contributed by atoms with E-state index in [9.17, 15) is 10.1 Å². The lowest BCUT2D eigenvalue weighted by Crippen LogP contribution is -2.09. The van der Waals surface area contributed by atoms with Gasteiger partial charge in [0.25, 0.3) is 0 Å². The summed E-state index contributed by atoms with van der Waals surface area (Å²) in [5.41, 5.74) is 0.580. The predicted octanol–water partition coefficient (Wildman–Crippen LogP) is 3.96. The number of methoxy groups -OCH3 is 1. The summed E-state index contributed by atoms with van der Waals surface area (Å²) in [5.74, 6) is 1.03. The van der Waals surface area contributed by atoms with Gasteiger partial charge in [-0.2, -0.15) is 0 Å². The largest absolute Gasteiger partial charge is 0.497 e. The molecule has 3 aromatic rings. The number of nitro groups is 1. The van der Waals surface area contributed by atoms with Crippen molar-refractivity contribution in [1.29, 1.82) is 0 Å². The van der Waals surface area contributed by atoms with E-state index in [0.717, 1.165) is 28.8 Å². The average molecular weight is 374 g/mol. The van der Waals surface area contributed by atoms with Gasteiger partial charge in [0.1, 0.15) is 12.1 Å². The fourth-order valence-corrected chi connectivity index (χ4v) is 3.24. The molecule has 26 heavy (non-hydrogen) atoms. The highest BCUT2D eigenvalue weighted by Gasteiger charge is 2.23. The first kappa shape index (κ1) is 17.8. The minimum absolute atomic E-state index is 0.106. The highest BCUT2D eigenvalue weighted by atomic mass is 32.1. The third-order valence-electron chi connectivity index (χ3n) is 3.65. The van der Waals surface area contributed by atoms with Gasteiger partial charge >= 0.3 is 5.69 Å². The van der Waals surface area contributed by atoms with Crippen LogP contribution in [0.2, 0.25) is 0 Å². The van der Waals surface area contributed by atoms with E-state index in [-0.39, 0.29) is 17.3 Å². The summed E-state index contributed by atoms with van der Waals surface area (Å²) < 4.78 is 6.11. The number of anilines is 3. The Morgan fingerprint density at radius 3 is 2.85 bits per heavy atom. The van der Waals surface area contributed by atoms with Gasteiger partial charge < -0.3 is 15.4 Å². The molecule has 10 heteroatoms. The van der Waals surface area contributed by atoms with Crippen LogP contribution in [0.15, 0.2) is 24.5 Å². The highest BCUT2D eigenvalue weighted by molar-refractivity contribution is 7.22. The Morgan fingerprint density at radius 1 is 1.31 bits per heavy atom. The maximum absolute atomic E-state index is 11.5. The van der Waals surface area contributed by atoms with Crippen molar-refractivity contribution in [2.45, 2.75) is 19.8 Å². The number of hydrogen-bond donors (Lipinski definition) is 2. The van der Waals surface area contributed by atoms with Gasteiger partial charge in [0, 0.05) is 6.54 Å². The van der Waals surface area contributed by atoms with Crippen molar-refractivity contribution < 1.29 is 9.66 Å². The minimum Gasteiger partial charge on any atom is -0.497 e. The van der Waals surface area contributed by atoms with Gasteiger partial charge in [-0.15, -0.1) is 0 Å². The summed E-state index contributed by atoms with van der Waals surface area (Å²) in [5, 5.41) is 18.0. The van der Waals surface area contributed by atoms with E-state index in [1.807, 2.05) is 25.1 Å². The van der Waals surface area contributed by atoms with Crippen molar-refractivity contribution in [3.8, 4) is 5.75 Å². The molecule has 0 unspecified atom stereocenters. The van der Waals surface area contributed by atoms with Gasteiger partial charge in [-0.3, -0.25) is 10.1 Å². The number of benzene rings is 1. The Labute approximate surface area is 153 Å². The molecule has 1 aromatic carbocycles. The van der Waals surface area contributed by atoms with E-state index in [1.165, 1.54) is 17.7 Å². The van der Waals surface area contributed by atoms with E-state index in [4.69, 9.17) is 4.74 Å². The smallest absolute Gasteiger partial charge is 0.353 e. The zero-order valence-corrected chi connectivity index (χ0v) is 15.2. The van der Waals surface area contributed by atoms with E-state index >= 15 is 0 Å². The molecule has 0 aliphatic carbocycles. The monoisotopic (exact) mass is 374 g/mol. The highest BCUT2D eigenvalue weighted by Crippen LogP contribution is 2.35. The third-order valence-corrected chi connectivity index (χ3v) is 4.58. The number of thiazole rings is 1. The Hall–Kier alpha value is -3.01. The normalized spacial score (nSPS) is 10.7. The van der Waals surface area contributed by atoms with Crippen LogP contribution in [0.5, 0.6) is 5.75 Å². The number of nitrogens with one attached hydrogen (secondary N) is 2. The van der Waals surface area contributed by atoms with Gasteiger partial charge in [-0.05, 0) is 24.6 Å². The SMILES string of the molecule is CCCCNc1ncnc(Nc2nc3ccc(OC)cc3s2)c1[N+](=O)[O-]. The van der Waals surface area contributed by atoms with Crippen LogP contribution < -0.4 is 15.4 Å². The quantitative estimate of drug-likeness (QED) is 0.346. The maximum Gasteiger partial charge on any atom is 0.353 e. The molecule has 0 radical (unpaired) electrons. The number of unbranched alkanes of at least 4 members (excludes halogenated alkanes) is 1. The predicted molar refractivity (Wildman–Crippen MR) is 102 cm³/mol. The molecular weight excluding hydrogens is 356 g/mol. The lowest BCUT2D eigenvalue weighted by Gasteiger charge is -2.08. The molecule has 0 bridgehead atoms.